The maximum Gasteiger partial charge on any atom is 0.309 e. The second-order valence-electron chi connectivity index (χ2n) is 8.52. The lowest BCUT2D eigenvalue weighted by atomic mass is 9.53. The Morgan fingerprint density at radius 3 is 2.31 bits per heavy atom. The predicted octanol–water partition coefficient (Wildman–Crippen LogP) is 2.12. The first-order chi connectivity index (χ1) is 12.6. The summed E-state index contributed by atoms with van der Waals surface area (Å²) in [4.78, 5) is 24.8. The Bertz CT molecular complexity index is 725. The molecule has 2 N–H and O–H groups in total. The van der Waals surface area contributed by atoms with Crippen molar-refractivity contribution in [3.63, 3.8) is 0 Å². The first kappa shape index (κ1) is 16.0. The molecule has 0 unspecified atom stereocenters. The van der Waals surface area contributed by atoms with Gasteiger partial charge in [0.25, 0.3) is 0 Å². The molecule has 0 aromatic heterocycles. The highest BCUT2D eigenvalue weighted by atomic mass is 16.7. The zero-order valence-electron chi connectivity index (χ0n) is 14.8. The Labute approximate surface area is 152 Å². The number of fused-ring (bicyclic) bond motifs is 1. The van der Waals surface area contributed by atoms with Crippen molar-refractivity contribution in [2.24, 2.45) is 17.8 Å². The summed E-state index contributed by atoms with van der Waals surface area (Å²) in [5, 5.41) is 5.83. The molecule has 4 aliphatic carbocycles. The fourth-order valence-electron chi connectivity index (χ4n) is 5.87. The van der Waals surface area contributed by atoms with E-state index in [1.165, 1.54) is 19.3 Å². The van der Waals surface area contributed by atoms with E-state index in [1.807, 2.05) is 18.2 Å². The van der Waals surface area contributed by atoms with Gasteiger partial charge < -0.3 is 20.1 Å². The standard InChI is InChI=1S/C20H24N2O4/c23-18(21-10-12-1-2-16-17(6-12)26-11-25-16)19(24)22-20-7-13-3-14(8-20)5-15(4-13)9-20/h1-2,6,13-15H,3-5,7-11H2,(H,21,23)(H,22,24). The van der Waals surface area contributed by atoms with Crippen LogP contribution in [0.3, 0.4) is 0 Å². The molecule has 6 heteroatoms. The van der Waals surface area contributed by atoms with Crippen molar-refractivity contribution in [3.05, 3.63) is 23.8 Å². The summed E-state index contributed by atoms with van der Waals surface area (Å²) in [6.45, 7) is 0.516. The van der Waals surface area contributed by atoms with Gasteiger partial charge in [-0.25, -0.2) is 0 Å². The van der Waals surface area contributed by atoms with Gasteiger partial charge in [-0.1, -0.05) is 6.07 Å². The normalized spacial score (nSPS) is 33.2. The van der Waals surface area contributed by atoms with E-state index in [0.717, 1.165) is 42.6 Å². The fraction of sp³-hybridized carbons (Fsp3) is 0.600. The predicted molar refractivity (Wildman–Crippen MR) is 93.5 cm³/mol. The molecule has 2 amide bonds. The van der Waals surface area contributed by atoms with Gasteiger partial charge in [-0.3, -0.25) is 9.59 Å². The molecule has 0 spiro atoms. The van der Waals surface area contributed by atoms with Crippen LogP contribution in [0.2, 0.25) is 0 Å². The van der Waals surface area contributed by atoms with Crippen LogP contribution in [-0.4, -0.2) is 24.1 Å². The number of rotatable bonds is 3. The Balaban J connectivity index is 1.19. The molecular formula is C20H24N2O4. The van der Waals surface area contributed by atoms with Crippen molar-refractivity contribution in [3.8, 4) is 11.5 Å². The summed E-state index contributed by atoms with van der Waals surface area (Å²) in [5.74, 6) is 2.54. The van der Waals surface area contributed by atoms with E-state index in [4.69, 9.17) is 9.47 Å². The SMILES string of the molecule is O=C(NCc1ccc2c(c1)OCO2)C(=O)NC12CC3CC(CC(C3)C1)C2. The number of ether oxygens (including phenoxy) is 2. The van der Waals surface area contributed by atoms with Crippen molar-refractivity contribution in [1.82, 2.24) is 10.6 Å². The maximum absolute atomic E-state index is 12.5. The van der Waals surface area contributed by atoms with Crippen LogP contribution in [0.5, 0.6) is 11.5 Å². The second kappa shape index (κ2) is 5.89. The molecule has 26 heavy (non-hydrogen) atoms. The summed E-state index contributed by atoms with van der Waals surface area (Å²) in [5.41, 5.74) is 0.743. The first-order valence-corrected chi connectivity index (χ1v) is 9.57. The van der Waals surface area contributed by atoms with Crippen molar-refractivity contribution in [2.45, 2.75) is 50.6 Å². The summed E-state index contributed by atoms with van der Waals surface area (Å²) < 4.78 is 10.6. The lowest BCUT2D eigenvalue weighted by molar-refractivity contribution is -0.142. The number of hydrogen-bond donors (Lipinski definition) is 2. The van der Waals surface area contributed by atoms with E-state index in [0.29, 0.717) is 18.0 Å². The largest absolute Gasteiger partial charge is 0.454 e. The first-order valence-electron chi connectivity index (χ1n) is 9.57. The molecule has 6 rings (SSSR count). The number of carbonyl (C=O) groups excluding carboxylic acids is 2. The van der Waals surface area contributed by atoms with Crippen LogP contribution in [0.1, 0.15) is 44.1 Å². The van der Waals surface area contributed by atoms with Gasteiger partial charge in [-0.05, 0) is 74.0 Å². The summed E-state index contributed by atoms with van der Waals surface area (Å²) in [7, 11) is 0. The molecule has 0 saturated heterocycles. The lowest BCUT2D eigenvalue weighted by Crippen LogP contribution is -2.61. The van der Waals surface area contributed by atoms with Crippen LogP contribution < -0.4 is 20.1 Å². The molecule has 4 fully saturated rings. The molecule has 1 heterocycles. The zero-order chi connectivity index (χ0) is 17.7. The zero-order valence-corrected chi connectivity index (χ0v) is 14.8. The topological polar surface area (TPSA) is 76.7 Å². The third-order valence-electron chi connectivity index (χ3n) is 6.51. The molecule has 138 valence electrons. The quantitative estimate of drug-likeness (QED) is 0.814. The van der Waals surface area contributed by atoms with Gasteiger partial charge in [-0.2, -0.15) is 0 Å². The van der Waals surface area contributed by atoms with E-state index >= 15 is 0 Å². The Kier molecular flexibility index (Phi) is 3.62. The second-order valence-corrected chi connectivity index (χ2v) is 8.52. The van der Waals surface area contributed by atoms with Crippen LogP contribution in [0.4, 0.5) is 0 Å². The molecular weight excluding hydrogens is 332 g/mol. The molecule has 4 saturated carbocycles. The molecule has 5 aliphatic rings. The highest BCUT2D eigenvalue weighted by Gasteiger charge is 2.51. The number of nitrogens with one attached hydrogen (secondary N) is 2. The monoisotopic (exact) mass is 356 g/mol. The minimum Gasteiger partial charge on any atom is -0.454 e. The molecule has 4 bridgehead atoms. The minimum absolute atomic E-state index is 0.137. The third kappa shape index (κ3) is 2.81. The number of amides is 2. The molecule has 0 radical (unpaired) electrons. The van der Waals surface area contributed by atoms with Gasteiger partial charge in [0.2, 0.25) is 6.79 Å². The molecule has 0 atom stereocenters. The average Bonchev–Trinajstić information content (AvgIpc) is 3.05. The molecule has 1 aromatic carbocycles. The van der Waals surface area contributed by atoms with E-state index in [-0.39, 0.29) is 12.3 Å². The van der Waals surface area contributed by atoms with Crippen molar-refractivity contribution in [2.75, 3.05) is 6.79 Å². The average molecular weight is 356 g/mol. The van der Waals surface area contributed by atoms with Gasteiger partial charge in [0, 0.05) is 12.1 Å². The number of hydrogen-bond acceptors (Lipinski definition) is 4. The van der Waals surface area contributed by atoms with Crippen molar-refractivity contribution in [1.29, 1.82) is 0 Å². The van der Waals surface area contributed by atoms with Gasteiger partial charge in [0.05, 0.1) is 0 Å². The van der Waals surface area contributed by atoms with Crippen LogP contribution in [0.25, 0.3) is 0 Å². The molecule has 6 nitrogen and oxygen atoms in total. The summed E-state index contributed by atoms with van der Waals surface area (Å²) >= 11 is 0. The maximum atomic E-state index is 12.5. The highest BCUT2D eigenvalue weighted by Crippen LogP contribution is 2.55. The summed E-state index contributed by atoms with van der Waals surface area (Å²) in [6.07, 6.45) is 7.06. The van der Waals surface area contributed by atoms with Crippen molar-refractivity contribution >= 4 is 11.8 Å². The fourth-order valence-corrected chi connectivity index (χ4v) is 5.87. The Hall–Kier alpha value is -2.24. The van der Waals surface area contributed by atoms with Crippen LogP contribution >= 0.6 is 0 Å². The number of carbonyl (C=O) groups is 2. The smallest absolute Gasteiger partial charge is 0.309 e. The van der Waals surface area contributed by atoms with E-state index in [2.05, 4.69) is 10.6 Å². The van der Waals surface area contributed by atoms with E-state index in [1.54, 1.807) is 0 Å². The van der Waals surface area contributed by atoms with Gasteiger partial charge in [0.1, 0.15) is 0 Å². The molecule has 1 aliphatic heterocycles. The molecule has 1 aromatic rings. The van der Waals surface area contributed by atoms with Gasteiger partial charge in [-0.15, -0.1) is 0 Å². The summed E-state index contributed by atoms with van der Waals surface area (Å²) in [6, 6.07) is 5.52. The third-order valence-corrected chi connectivity index (χ3v) is 6.51. The van der Waals surface area contributed by atoms with Crippen LogP contribution in [0.15, 0.2) is 18.2 Å². The van der Waals surface area contributed by atoms with Gasteiger partial charge >= 0.3 is 11.8 Å². The Morgan fingerprint density at radius 1 is 0.962 bits per heavy atom. The highest BCUT2D eigenvalue weighted by molar-refractivity contribution is 6.35. The van der Waals surface area contributed by atoms with Crippen molar-refractivity contribution < 1.29 is 19.1 Å². The number of benzene rings is 1. The lowest BCUT2D eigenvalue weighted by Gasteiger charge is -2.56. The van der Waals surface area contributed by atoms with Crippen LogP contribution in [0, 0.1) is 17.8 Å². The van der Waals surface area contributed by atoms with Gasteiger partial charge in [0.15, 0.2) is 11.5 Å². The Morgan fingerprint density at radius 2 is 1.62 bits per heavy atom. The van der Waals surface area contributed by atoms with Crippen LogP contribution in [-0.2, 0) is 16.1 Å². The van der Waals surface area contributed by atoms with E-state index < -0.39 is 11.8 Å². The minimum atomic E-state index is -0.557. The van der Waals surface area contributed by atoms with E-state index in [9.17, 15) is 9.59 Å².